The second kappa shape index (κ2) is 21.7. The van der Waals surface area contributed by atoms with Gasteiger partial charge in [0, 0.05) is 35.3 Å². The fraction of sp³-hybridized carbons (Fsp3) is 0.654. The van der Waals surface area contributed by atoms with Gasteiger partial charge in [-0.2, -0.15) is 0 Å². The van der Waals surface area contributed by atoms with Crippen LogP contribution in [0.3, 0.4) is 0 Å². The van der Waals surface area contributed by atoms with E-state index >= 15 is 0 Å². The van der Waals surface area contributed by atoms with E-state index in [1.165, 1.54) is 167 Å². The Morgan fingerprint density at radius 2 is 0.825 bits per heavy atom. The Morgan fingerprint density at radius 3 is 1.14 bits per heavy atom. The van der Waals surface area contributed by atoms with Crippen LogP contribution in [0.4, 0.5) is 11.4 Å². The van der Waals surface area contributed by atoms with Gasteiger partial charge in [-0.1, -0.05) is 152 Å². The SMILES string of the molecule is C.CC[C@H](Cc1ccccc1)N=c1c(C)c1N(C1CCCCC1)C1CCCCC1.Cc1c(N(C2CCCCC2)C2CCCCC2)c1=N[C@H](CO)Cc1ccccc1. The van der Waals surface area contributed by atoms with Crippen molar-refractivity contribution in [1.29, 1.82) is 0 Å². The summed E-state index contributed by atoms with van der Waals surface area (Å²) in [5.41, 5.74) is 8.51. The highest BCUT2D eigenvalue weighted by Crippen LogP contribution is 2.38. The fourth-order valence-corrected chi connectivity index (χ4v) is 10.8. The van der Waals surface area contributed by atoms with Gasteiger partial charge in [-0.3, -0.25) is 9.98 Å². The fourth-order valence-electron chi connectivity index (χ4n) is 10.8. The van der Waals surface area contributed by atoms with Gasteiger partial charge in [0.05, 0.1) is 40.8 Å². The number of aliphatic hydroxyl groups is 1. The van der Waals surface area contributed by atoms with Crippen LogP contribution in [0.2, 0.25) is 0 Å². The number of rotatable bonds is 14. The van der Waals surface area contributed by atoms with E-state index in [4.69, 9.17) is 9.98 Å². The first-order valence-electron chi connectivity index (χ1n) is 23.4. The van der Waals surface area contributed by atoms with Crippen LogP contribution < -0.4 is 20.5 Å². The third kappa shape index (κ3) is 11.5. The van der Waals surface area contributed by atoms with Crippen molar-refractivity contribution in [3.05, 3.63) is 93.6 Å². The minimum atomic E-state index is -0.0376. The minimum absolute atomic E-state index is 0. The predicted octanol–water partition coefficient (Wildman–Crippen LogP) is 11.7. The van der Waals surface area contributed by atoms with Gasteiger partial charge in [-0.05, 0) is 95.6 Å². The normalized spacial score (nSPS) is 20.9. The van der Waals surface area contributed by atoms with E-state index < -0.39 is 0 Å². The van der Waals surface area contributed by atoms with Crippen LogP contribution in [-0.4, -0.2) is 48.0 Å². The summed E-state index contributed by atoms with van der Waals surface area (Å²) in [5.74, 6) is 0. The highest BCUT2D eigenvalue weighted by molar-refractivity contribution is 5.67. The van der Waals surface area contributed by atoms with Crippen molar-refractivity contribution in [2.45, 2.75) is 212 Å². The average molecular weight is 775 g/mol. The van der Waals surface area contributed by atoms with Crippen molar-refractivity contribution in [1.82, 2.24) is 0 Å². The smallest absolute Gasteiger partial charge is 0.0866 e. The molecule has 0 spiro atoms. The lowest BCUT2D eigenvalue weighted by Crippen LogP contribution is -2.45. The molecule has 4 aliphatic rings. The molecule has 57 heavy (non-hydrogen) atoms. The first-order valence-corrected chi connectivity index (χ1v) is 23.4. The first-order chi connectivity index (χ1) is 27.6. The molecule has 0 saturated heterocycles. The van der Waals surface area contributed by atoms with Crippen molar-refractivity contribution >= 4 is 11.4 Å². The van der Waals surface area contributed by atoms with Gasteiger partial charge in [0.15, 0.2) is 0 Å². The highest BCUT2D eigenvalue weighted by atomic mass is 16.3. The number of benzene rings is 2. The van der Waals surface area contributed by atoms with E-state index in [9.17, 15) is 5.11 Å². The number of aliphatic hydroxyl groups excluding tert-OH is 1. The van der Waals surface area contributed by atoms with Gasteiger partial charge in [0.1, 0.15) is 0 Å². The molecule has 4 saturated carbocycles. The number of nitrogens with zero attached hydrogens (tertiary/aromatic N) is 4. The van der Waals surface area contributed by atoms with E-state index in [1.807, 2.05) is 6.07 Å². The summed E-state index contributed by atoms with van der Waals surface area (Å²) in [6.07, 6.45) is 30.7. The number of hydrogen-bond acceptors (Lipinski definition) is 5. The third-order valence-corrected chi connectivity index (χ3v) is 14.1. The molecule has 4 aliphatic carbocycles. The molecule has 0 bridgehead atoms. The molecule has 0 unspecified atom stereocenters. The molecule has 4 aromatic carbocycles. The topological polar surface area (TPSA) is 51.4 Å². The Hall–Kier alpha value is -3.18. The lowest BCUT2D eigenvalue weighted by atomic mass is 9.88. The molecule has 0 radical (unpaired) electrons. The van der Waals surface area contributed by atoms with Gasteiger partial charge in [-0.15, -0.1) is 0 Å². The second-order valence-corrected chi connectivity index (χ2v) is 18.2. The Kier molecular flexibility index (Phi) is 16.5. The van der Waals surface area contributed by atoms with Gasteiger partial charge in [0.25, 0.3) is 0 Å². The minimum Gasteiger partial charge on any atom is -0.394 e. The Labute approximate surface area is 347 Å². The van der Waals surface area contributed by atoms with Gasteiger partial charge >= 0.3 is 0 Å². The summed E-state index contributed by atoms with van der Waals surface area (Å²) in [6.45, 7) is 6.97. The van der Waals surface area contributed by atoms with Gasteiger partial charge in [-0.25, -0.2) is 0 Å². The standard InChI is InChI=1S/C26H38N2.C25H36N2O.CH4/c1-3-22(19-21-13-7-4-8-14-21)27-25-20(2)26(25)28(23-15-9-5-10-16-23)24-17-11-6-12-18-24;1-19-24(26-21(18-28)17-20-11-5-2-6-12-20)25(19)27(22-13-7-3-8-14-22)23-15-9-4-10-16-23;/h4,7-8,13-14,22-24H,3,5-6,9-12,15-19H2,1-2H3;2,5-6,11-12,21-23,28H,3-4,7-10,13-18H2,1H3;1H4/t22-;21-;/m10./s1. The Balaban J connectivity index is 0.000000189. The maximum atomic E-state index is 9.93. The van der Waals surface area contributed by atoms with Gasteiger partial charge in [0.2, 0.25) is 0 Å². The molecule has 0 aliphatic heterocycles. The van der Waals surface area contributed by atoms with Gasteiger partial charge < -0.3 is 14.9 Å². The molecule has 0 amide bonds. The number of anilines is 2. The van der Waals surface area contributed by atoms with E-state index in [0.29, 0.717) is 18.1 Å². The quantitative estimate of drug-likeness (QED) is 0.139. The van der Waals surface area contributed by atoms with Crippen molar-refractivity contribution in [2.75, 3.05) is 16.4 Å². The summed E-state index contributed by atoms with van der Waals surface area (Å²) in [4.78, 5) is 16.0. The van der Waals surface area contributed by atoms with E-state index in [-0.39, 0.29) is 20.1 Å². The molecule has 8 rings (SSSR count). The summed E-state index contributed by atoms with van der Waals surface area (Å²) >= 11 is 0. The average Bonchev–Trinajstić information content (AvgIpc) is 4.11. The molecule has 4 fully saturated rings. The molecule has 4 aromatic rings. The third-order valence-electron chi connectivity index (χ3n) is 14.1. The maximum absolute atomic E-state index is 9.93. The summed E-state index contributed by atoms with van der Waals surface area (Å²) in [5, 5.41) is 12.5. The summed E-state index contributed by atoms with van der Waals surface area (Å²) < 4.78 is 0. The highest BCUT2D eigenvalue weighted by Gasteiger charge is 2.36. The lowest BCUT2D eigenvalue weighted by molar-refractivity contribution is 0.264. The lowest BCUT2D eigenvalue weighted by Gasteiger charge is -2.41. The van der Waals surface area contributed by atoms with Crippen LogP contribution in [0.15, 0.2) is 70.6 Å². The number of hydrogen-bond donors (Lipinski definition) is 1. The Morgan fingerprint density at radius 1 is 0.509 bits per heavy atom. The van der Waals surface area contributed by atoms with Crippen LogP contribution in [-0.2, 0) is 12.8 Å². The van der Waals surface area contributed by atoms with Crippen LogP contribution in [0, 0.1) is 13.8 Å². The van der Waals surface area contributed by atoms with Crippen molar-refractivity contribution in [3.63, 3.8) is 0 Å². The Bertz CT molecular complexity index is 1580. The summed E-state index contributed by atoms with van der Waals surface area (Å²) in [7, 11) is 0. The van der Waals surface area contributed by atoms with E-state index in [2.05, 4.69) is 85.2 Å². The zero-order chi connectivity index (χ0) is 38.7. The van der Waals surface area contributed by atoms with Crippen LogP contribution in [0.1, 0.15) is 171 Å². The molecule has 1 N–H and O–H groups in total. The van der Waals surface area contributed by atoms with E-state index in [1.54, 1.807) is 5.69 Å². The second-order valence-electron chi connectivity index (χ2n) is 18.2. The van der Waals surface area contributed by atoms with Crippen molar-refractivity contribution < 1.29 is 5.11 Å². The molecule has 0 aromatic heterocycles. The van der Waals surface area contributed by atoms with Crippen LogP contribution in [0.5, 0.6) is 0 Å². The predicted molar refractivity (Wildman–Crippen MR) is 243 cm³/mol. The van der Waals surface area contributed by atoms with E-state index in [0.717, 1.165) is 31.3 Å². The first kappa shape index (κ1) is 43.4. The molecule has 5 nitrogen and oxygen atoms in total. The monoisotopic (exact) mass is 775 g/mol. The molecule has 0 heterocycles. The maximum Gasteiger partial charge on any atom is 0.0866 e. The zero-order valence-corrected chi connectivity index (χ0v) is 35.4. The molecule has 312 valence electrons. The zero-order valence-electron chi connectivity index (χ0n) is 35.4. The summed E-state index contributed by atoms with van der Waals surface area (Å²) in [6, 6.07) is 24.6. The molecular weight excluding hydrogens is 697 g/mol. The van der Waals surface area contributed by atoms with Crippen LogP contribution >= 0.6 is 0 Å². The van der Waals surface area contributed by atoms with Crippen molar-refractivity contribution in [2.24, 2.45) is 9.98 Å². The van der Waals surface area contributed by atoms with Crippen molar-refractivity contribution in [3.8, 4) is 0 Å². The van der Waals surface area contributed by atoms with Crippen LogP contribution in [0.25, 0.3) is 0 Å². The molecular formula is C52H78N4O. The largest absolute Gasteiger partial charge is 0.394 e. The molecule has 5 heteroatoms. The molecule has 2 atom stereocenters.